The molecule has 0 bridgehead atoms. The molecule has 3 aromatic rings. The average molecular weight is 557 g/mol. The van der Waals surface area contributed by atoms with Crippen LogP contribution in [0.4, 0.5) is 37.7 Å². The molecule has 0 fully saturated rings. The summed E-state index contributed by atoms with van der Waals surface area (Å²) in [6.45, 7) is 0. The summed E-state index contributed by atoms with van der Waals surface area (Å²) in [5, 5.41) is 2.84. The van der Waals surface area contributed by atoms with Crippen molar-refractivity contribution in [2.75, 3.05) is 10.0 Å². The summed E-state index contributed by atoms with van der Waals surface area (Å²) in [4.78, 5) is 11.8. The van der Waals surface area contributed by atoms with E-state index in [1.165, 1.54) is 30.3 Å². The van der Waals surface area contributed by atoms with Crippen molar-refractivity contribution in [3.8, 4) is 0 Å². The first kappa shape index (κ1) is 26.6. The normalized spacial score (nSPS) is 12.3. The van der Waals surface area contributed by atoms with Crippen LogP contribution in [0.15, 0.2) is 65.6 Å². The maximum absolute atomic E-state index is 13.0. The van der Waals surface area contributed by atoms with E-state index in [0.29, 0.717) is 0 Å². The van der Waals surface area contributed by atoms with Gasteiger partial charge in [0.25, 0.3) is 15.9 Å². The van der Waals surface area contributed by atoms with Gasteiger partial charge < -0.3 is 5.32 Å². The van der Waals surface area contributed by atoms with Gasteiger partial charge in [-0.05, 0) is 60.7 Å². The Labute approximate surface area is 204 Å². The molecule has 14 heteroatoms. The first-order valence-corrected chi connectivity index (χ1v) is 11.5. The van der Waals surface area contributed by atoms with Gasteiger partial charge in [0.2, 0.25) is 0 Å². The highest BCUT2D eigenvalue weighted by Gasteiger charge is 2.37. The maximum Gasteiger partial charge on any atom is 0.416 e. The SMILES string of the molecule is O=C(Nc1ccc(S(=O)(=O)Nc2cc(C(F)(F)F)cc(C(F)(F)F)c2)cc1)c1ccc(Cl)c(Cl)c1. The Bertz CT molecular complexity index is 1340. The topological polar surface area (TPSA) is 75.3 Å². The van der Waals surface area contributed by atoms with Gasteiger partial charge in [-0.15, -0.1) is 0 Å². The predicted molar refractivity (Wildman–Crippen MR) is 118 cm³/mol. The minimum absolute atomic E-state index is 0.122. The Morgan fingerprint density at radius 1 is 0.714 bits per heavy atom. The summed E-state index contributed by atoms with van der Waals surface area (Å²) in [6.07, 6.45) is -10.3. The third-order valence-corrected chi connectivity index (χ3v) is 6.58. The lowest BCUT2D eigenvalue weighted by Gasteiger charge is -2.15. The Balaban J connectivity index is 1.83. The fraction of sp³-hybridized carbons (Fsp3) is 0.0952. The van der Waals surface area contributed by atoms with Crippen molar-refractivity contribution in [2.24, 2.45) is 0 Å². The smallest absolute Gasteiger partial charge is 0.322 e. The van der Waals surface area contributed by atoms with Crippen LogP contribution in [0.1, 0.15) is 21.5 Å². The number of carbonyl (C=O) groups excluding carboxylic acids is 1. The van der Waals surface area contributed by atoms with E-state index in [1.54, 1.807) is 4.72 Å². The molecule has 3 rings (SSSR count). The molecule has 186 valence electrons. The van der Waals surface area contributed by atoms with E-state index >= 15 is 0 Å². The minimum atomic E-state index is -5.14. The number of amides is 1. The van der Waals surface area contributed by atoms with Crippen molar-refractivity contribution in [3.05, 3.63) is 87.4 Å². The molecule has 0 aliphatic rings. The van der Waals surface area contributed by atoms with Gasteiger partial charge in [0, 0.05) is 11.3 Å². The number of anilines is 2. The van der Waals surface area contributed by atoms with Crippen LogP contribution in [0.2, 0.25) is 10.0 Å². The zero-order valence-corrected chi connectivity index (χ0v) is 19.3. The Morgan fingerprint density at radius 2 is 1.26 bits per heavy atom. The van der Waals surface area contributed by atoms with Crippen molar-refractivity contribution in [1.29, 1.82) is 0 Å². The van der Waals surface area contributed by atoms with E-state index in [-0.39, 0.29) is 39.5 Å². The van der Waals surface area contributed by atoms with E-state index in [1.807, 2.05) is 0 Å². The molecular formula is C21H12Cl2F6N2O3S. The molecule has 0 radical (unpaired) electrons. The molecule has 0 aromatic heterocycles. The molecule has 1 amide bonds. The summed E-state index contributed by atoms with van der Waals surface area (Å²) in [5.41, 5.74) is -3.97. The molecule has 0 unspecified atom stereocenters. The molecular weight excluding hydrogens is 545 g/mol. The van der Waals surface area contributed by atoms with Crippen LogP contribution in [0.25, 0.3) is 0 Å². The predicted octanol–water partition coefficient (Wildman–Crippen LogP) is 7.08. The van der Waals surface area contributed by atoms with Crippen LogP contribution in [-0.4, -0.2) is 14.3 Å². The first-order chi connectivity index (χ1) is 16.1. The molecule has 0 atom stereocenters. The van der Waals surface area contributed by atoms with Gasteiger partial charge in [-0.2, -0.15) is 26.3 Å². The van der Waals surface area contributed by atoms with Crippen molar-refractivity contribution in [3.63, 3.8) is 0 Å². The van der Waals surface area contributed by atoms with Gasteiger partial charge >= 0.3 is 12.4 Å². The molecule has 3 aromatic carbocycles. The van der Waals surface area contributed by atoms with Gasteiger partial charge in [-0.25, -0.2) is 8.42 Å². The highest BCUT2D eigenvalue weighted by Crippen LogP contribution is 2.38. The number of carbonyl (C=O) groups is 1. The number of benzene rings is 3. The van der Waals surface area contributed by atoms with Gasteiger partial charge in [0.05, 0.1) is 31.8 Å². The Hall–Kier alpha value is -2.96. The molecule has 0 saturated carbocycles. The van der Waals surface area contributed by atoms with E-state index in [0.717, 1.165) is 12.1 Å². The molecule has 0 spiro atoms. The fourth-order valence-corrected chi connectivity index (χ4v) is 4.12. The summed E-state index contributed by atoms with van der Waals surface area (Å²) >= 11 is 11.6. The van der Waals surface area contributed by atoms with E-state index in [2.05, 4.69) is 5.32 Å². The fourth-order valence-electron chi connectivity index (χ4n) is 2.79. The van der Waals surface area contributed by atoms with Gasteiger partial charge in [0.1, 0.15) is 0 Å². The zero-order valence-electron chi connectivity index (χ0n) is 16.9. The van der Waals surface area contributed by atoms with Gasteiger partial charge in [0.15, 0.2) is 0 Å². The average Bonchev–Trinajstić information content (AvgIpc) is 2.74. The van der Waals surface area contributed by atoms with Crippen molar-refractivity contribution in [1.82, 2.24) is 0 Å². The second-order valence-electron chi connectivity index (χ2n) is 7.01. The largest absolute Gasteiger partial charge is 0.416 e. The molecule has 0 aliphatic heterocycles. The minimum Gasteiger partial charge on any atom is -0.322 e. The second kappa shape index (κ2) is 9.59. The highest BCUT2D eigenvalue weighted by molar-refractivity contribution is 7.92. The molecule has 5 nitrogen and oxygen atoms in total. The molecule has 0 saturated heterocycles. The molecule has 0 heterocycles. The Morgan fingerprint density at radius 3 is 1.74 bits per heavy atom. The van der Waals surface area contributed by atoms with E-state index in [4.69, 9.17) is 23.2 Å². The summed E-state index contributed by atoms with van der Waals surface area (Å²) in [7, 11) is -4.58. The molecule has 0 aliphatic carbocycles. The zero-order chi connectivity index (χ0) is 26.2. The lowest BCUT2D eigenvalue weighted by Crippen LogP contribution is -2.16. The number of hydrogen-bond acceptors (Lipinski definition) is 3. The van der Waals surface area contributed by atoms with Crippen molar-refractivity contribution in [2.45, 2.75) is 17.2 Å². The Kier molecular flexibility index (Phi) is 7.30. The van der Waals surface area contributed by atoms with Crippen LogP contribution in [0.3, 0.4) is 0 Å². The maximum atomic E-state index is 13.0. The summed E-state index contributed by atoms with van der Waals surface area (Å²) in [6, 6.07) is 8.85. The second-order valence-corrected chi connectivity index (χ2v) is 9.50. The third-order valence-electron chi connectivity index (χ3n) is 4.44. The highest BCUT2D eigenvalue weighted by atomic mass is 35.5. The molecule has 2 N–H and O–H groups in total. The van der Waals surface area contributed by atoms with Gasteiger partial charge in [-0.3, -0.25) is 9.52 Å². The van der Waals surface area contributed by atoms with Gasteiger partial charge in [-0.1, -0.05) is 23.2 Å². The molecule has 35 heavy (non-hydrogen) atoms. The monoisotopic (exact) mass is 556 g/mol. The van der Waals surface area contributed by atoms with Crippen molar-refractivity contribution >= 4 is 50.5 Å². The quantitative estimate of drug-likeness (QED) is 0.329. The summed E-state index contributed by atoms with van der Waals surface area (Å²) in [5.74, 6) is -0.596. The van der Waals surface area contributed by atoms with Crippen LogP contribution < -0.4 is 10.0 Å². The van der Waals surface area contributed by atoms with E-state index < -0.39 is 50.0 Å². The van der Waals surface area contributed by atoms with Crippen molar-refractivity contribution < 1.29 is 39.6 Å². The summed E-state index contributed by atoms with van der Waals surface area (Å²) < 4.78 is 105. The number of alkyl halides is 6. The number of halogens is 8. The van der Waals surface area contributed by atoms with Crippen LogP contribution in [0, 0.1) is 0 Å². The number of rotatable bonds is 5. The van der Waals surface area contributed by atoms with Crippen LogP contribution >= 0.6 is 23.2 Å². The lowest BCUT2D eigenvalue weighted by atomic mass is 10.1. The number of sulfonamides is 1. The van der Waals surface area contributed by atoms with Crippen LogP contribution in [0.5, 0.6) is 0 Å². The van der Waals surface area contributed by atoms with Crippen LogP contribution in [-0.2, 0) is 22.4 Å². The number of nitrogens with one attached hydrogen (secondary N) is 2. The number of hydrogen-bond donors (Lipinski definition) is 2. The lowest BCUT2D eigenvalue weighted by molar-refractivity contribution is -0.143. The van der Waals surface area contributed by atoms with E-state index in [9.17, 15) is 39.6 Å². The third kappa shape index (κ3) is 6.59. The standard InChI is InChI=1S/C21H12Cl2F6N2O3S/c22-17-6-1-11(7-18(17)23)19(32)30-14-2-4-16(5-3-14)35(33,34)31-15-9-12(20(24,25)26)8-13(10-15)21(27,28)29/h1-10,31H,(H,30,32). The first-order valence-electron chi connectivity index (χ1n) is 9.25.